The Morgan fingerprint density at radius 2 is 1.96 bits per heavy atom. The van der Waals surface area contributed by atoms with Crippen molar-refractivity contribution in [1.82, 2.24) is 20.2 Å². The molecule has 1 saturated carbocycles. The topological polar surface area (TPSA) is 88.0 Å². The predicted molar refractivity (Wildman–Crippen MR) is 107 cm³/mol. The minimum atomic E-state index is -0.187. The van der Waals surface area contributed by atoms with Gasteiger partial charge in [-0.3, -0.25) is 10.1 Å². The molecule has 0 spiro atoms. The minimum absolute atomic E-state index is 0.152. The number of aromatic nitrogens is 2. The number of carbonyl (C=O) groups excluding carboxylic acids is 2. The summed E-state index contributed by atoms with van der Waals surface area (Å²) in [7, 11) is 0. The van der Waals surface area contributed by atoms with Crippen molar-refractivity contribution in [3.05, 3.63) is 24.3 Å². The number of hydrogen-bond donors (Lipinski definition) is 3. The van der Waals surface area contributed by atoms with Crippen LogP contribution in [0.1, 0.15) is 51.9 Å². The summed E-state index contributed by atoms with van der Waals surface area (Å²) >= 11 is 0. The number of rotatable bonds is 7. The smallest absolute Gasteiger partial charge is 0.315 e. The number of imidazole rings is 1. The van der Waals surface area contributed by atoms with Crippen LogP contribution in [0.2, 0.25) is 0 Å². The molecule has 1 aliphatic rings. The molecule has 1 heterocycles. The highest BCUT2D eigenvalue weighted by Gasteiger charge is 2.16. The second kappa shape index (κ2) is 9.39. The van der Waals surface area contributed by atoms with Crippen LogP contribution in [0, 0.1) is 0 Å². The number of anilines is 1. The first-order chi connectivity index (χ1) is 13.2. The Bertz CT molecular complexity index is 780. The number of fused-ring (bicyclic) bond motifs is 1. The van der Waals surface area contributed by atoms with Gasteiger partial charge in [0.05, 0.1) is 11.0 Å². The summed E-state index contributed by atoms with van der Waals surface area (Å²) in [5.74, 6) is 0.412. The maximum atomic E-state index is 12.3. The van der Waals surface area contributed by atoms with Gasteiger partial charge in [0.2, 0.25) is 11.9 Å². The Kier molecular flexibility index (Phi) is 6.68. The van der Waals surface area contributed by atoms with Crippen molar-refractivity contribution in [2.45, 2.75) is 64.5 Å². The molecular formula is C20H29N5O2. The van der Waals surface area contributed by atoms with Gasteiger partial charge in [0.1, 0.15) is 0 Å². The summed E-state index contributed by atoms with van der Waals surface area (Å²) in [5.41, 5.74) is 1.88. The lowest BCUT2D eigenvalue weighted by molar-refractivity contribution is -0.116. The fourth-order valence-electron chi connectivity index (χ4n) is 3.58. The fraction of sp³-hybridized carbons (Fsp3) is 0.550. The number of benzene rings is 1. The molecule has 0 saturated heterocycles. The summed E-state index contributed by atoms with van der Waals surface area (Å²) in [4.78, 5) is 28.7. The molecule has 3 amide bonds. The van der Waals surface area contributed by atoms with Gasteiger partial charge in [-0.05, 0) is 31.4 Å². The lowest BCUT2D eigenvalue weighted by Gasteiger charge is -2.22. The van der Waals surface area contributed by atoms with Crippen molar-refractivity contribution in [2.24, 2.45) is 0 Å². The molecule has 7 nitrogen and oxygen atoms in total. The van der Waals surface area contributed by atoms with E-state index in [1.54, 1.807) is 0 Å². The van der Waals surface area contributed by atoms with Gasteiger partial charge in [-0.1, -0.05) is 38.3 Å². The van der Waals surface area contributed by atoms with E-state index in [1.165, 1.54) is 19.3 Å². The molecule has 1 aromatic carbocycles. The largest absolute Gasteiger partial charge is 0.338 e. The third-order valence-corrected chi connectivity index (χ3v) is 4.93. The van der Waals surface area contributed by atoms with Crippen molar-refractivity contribution in [3.63, 3.8) is 0 Å². The first kappa shape index (κ1) is 19.2. The van der Waals surface area contributed by atoms with E-state index in [1.807, 2.05) is 28.8 Å². The zero-order valence-electron chi connectivity index (χ0n) is 16.0. The van der Waals surface area contributed by atoms with Gasteiger partial charge in [0, 0.05) is 25.6 Å². The lowest BCUT2D eigenvalue weighted by Crippen LogP contribution is -2.43. The second-order valence-corrected chi connectivity index (χ2v) is 7.11. The van der Waals surface area contributed by atoms with Crippen LogP contribution in [0.4, 0.5) is 10.7 Å². The molecule has 0 aliphatic heterocycles. The van der Waals surface area contributed by atoms with E-state index in [4.69, 9.17) is 0 Å². The molecule has 2 aromatic rings. The highest BCUT2D eigenvalue weighted by Crippen LogP contribution is 2.20. The van der Waals surface area contributed by atoms with E-state index in [0.29, 0.717) is 12.5 Å². The average molecular weight is 371 g/mol. The Balaban J connectivity index is 1.48. The molecule has 1 aromatic heterocycles. The van der Waals surface area contributed by atoms with Crippen molar-refractivity contribution in [1.29, 1.82) is 0 Å². The highest BCUT2D eigenvalue weighted by molar-refractivity contribution is 5.91. The predicted octanol–water partition coefficient (Wildman–Crippen LogP) is 3.41. The van der Waals surface area contributed by atoms with E-state index < -0.39 is 0 Å². The van der Waals surface area contributed by atoms with Crippen LogP contribution in [-0.2, 0) is 11.3 Å². The quantitative estimate of drug-likeness (QED) is 0.697. The number of hydrogen-bond acceptors (Lipinski definition) is 3. The zero-order chi connectivity index (χ0) is 19.1. The Hall–Kier alpha value is -2.57. The van der Waals surface area contributed by atoms with Crippen LogP contribution in [0.25, 0.3) is 11.0 Å². The molecule has 1 aliphatic carbocycles. The maximum Gasteiger partial charge on any atom is 0.315 e. The standard InChI is InChI=1S/C20H29N5O2/c1-2-14-25-17-11-7-6-10-16(17)23-19(25)24-18(26)12-13-21-20(27)22-15-8-4-3-5-9-15/h6-7,10-11,15H,2-5,8-9,12-14H2,1H3,(H2,21,22,27)(H,23,24,26). The van der Waals surface area contributed by atoms with Gasteiger partial charge >= 0.3 is 6.03 Å². The van der Waals surface area contributed by atoms with Crippen molar-refractivity contribution in [2.75, 3.05) is 11.9 Å². The molecule has 0 unspecified atom stereocenters. The summed E-state index contributed by atoms with van der Waals surface area (Å²) in [6.45, 7) is 3.19. The van der Waals surface area contributed by atoms with Crippen LogP contribution in [0.15, 0.2) is 24.3 Å². The summed E-state index contributed by atoms with van der Waals surface area (Å²) in [5, 5.41) is 8.64. The van der Waals surface area contributed by atoms with Crippen LogP contribution >= 0.6 is 0 Å². The number of carbonyl (C=O) groups is 2. The van der Waals surface area contributed by atoms with Crippen molar-refractivity contribution in [3.8, 4) is 0 Å². The molecule has 0 atom stereocenters. The van der Waals surface area contributed by atoms with E-state index in [2.05, 4.69) is 27.9 Å². The lowest BCUT2D eigenvalue weighted by atomic mass is 9.96. The van der Waals surface area contributed by atoms with Crippen LogP contribution in [-0.4, -0.2) is 34.1 Å². The van der Waals surface area contributed by atoms with Crippen molar-refractivity contribution >= 4 is 28.9 Å². The molecule has 146 valence electrons. The van der Waals surface area contributed by atoms with Gasteiger partial charge in [-0.25, -0.2) is 9.78 Å². The van der Waals surface area contributed by atoms with E-state index in [9.17, 15) is 9.59 Å². The average Bonchev–Trinajstić information content (AvgIpc) is 3.00. The van der Waals surface area contributed by atoms with Crippen LogP contribution < -0.4 is 16.0 Å². The number of nitrogens with zero attached hydrogens (tertiary/aromatic N) is 2. The maximum absolute atomic E-state index is 12.3. The number of aryl methyl sites for hydroxylation is 1. The number of urea groups is 1. The first-order valence-corrected chi connectivity index (χ1v) is 9.97. The third-order valence-electron chi connectivity index (χ3n) is 4.93. The van der Waals surface area contributed by atoms with Gasteiger partial charge < -0.3 is 15.2 Å². The third kappa shape index (κ3) is 5.21. The van der Waals surface area contributed by atoms with Crippen molar-refractivity contribution < 1.29 is 9.59 Å². The minimum Gasteiger partial charge on any atom is -0.338 e. The molecule has 0 radical (unpaired) electrons. The fourth-order valence-corrected chi connectivity index (χ4v) is 3.58. The van der Waals surface area contributed by atoms with Gasteiger partial charge in [0.15, 0.2) is 0 Å². The van der Waals surface area contributed by atoms with E-state index in [0.717, 1.165) is 36.8 Å². The van der Waals surface area contributed by atoms with Crippen LogP contribution in [0.5, 0.6) is 0 Å². The first-order valence-electron chi connectivity index (χ1n) is 9.97. The molecule has 27 heavy (non-hydrogen) atoms. The normalized spacial score (nSPS) is 14.9. The number of para-hydroxylation sites is 2. The van der Waals surface area contributed by atoms with Gasteiger partial charge in [-0.15, -0.1) is 0 Å². The molecule has 1 fully saturated rings. The molecule has 3 rings (SSSR count). The molecular weight excluding hydrogens is 342 g/mol. The Morgan fingerprint density at radius 3 is 2.74 bits per heavy atom. The number of amides is 3. The summed E-state index contributed by atoms with van der Waals surface area (Å²) in [6, 6.07) is 7.93. The van der Waals surface area contributed by atoms with Crippen LogP contribution in [0.3, 0.4) is 0 Å². The van der Waals surface area contributed by atoms with E-state index >= 15 is 0 Å². The zero-order valence-corrected chi connectivity index (χ0v) is 16.0. The Labute approximate surface area is 159 Å². The monoisotopic (exact) mass is 371 g/mol. The van der Waals surface area contributed by atoms with Gasteiger partial charge in [-0.2, -0.15) is 0 Å². The summed E-state index contributed by atoms with van der Waals surface area (Å²) < 4.78 is 2.02. The SMILES string of the molecule is CCCn1c(NC(=O)CCNC(=O)NC2CCCCC2)nc2ccccc21. The summed E-state index contributed by atoms with van der Waals surface area (Å²) in [6.07, 6.45) is 6.85. The highest BCUT2D eigenvalue weighted by atomic mass is 16.2. The molecule has 3 N–H and O–H groups in total. The van der Waals surface area contributed by atoms with Gasteiger partial charge in [0.25, 0.3) is 0 Å². The molecule has 0 bridgehead atoms. The Morgan fingerprint density at radius 1 is 1.19 bits per heavy atom. The van der Waals surface area contributed by atoms with E-state index in [-0.39, 0.29) is 24.4 Å². The molecule has 7 heteroatoms. The number of nitrogens with one attached hydrogen (secondary N) is 3. The second-order valence-electron chi connectivity index (χ2n) is 7.11.